The predicted octanol–water partition coefficient (Wildman–Crippen LogP) is 1.43. The summed E-state index contributed by atoms with van der Waals surface area (Å²) in [6, 6.07) is 5.93. The van der Waals surface area contributed by atoms with Gasteiger partial charge in [0.1, 0.15) is 11.5 Å². The van der Waals surface area contributed by atoms with Crippen LogP contribution in [0.25, 0.3) is 0 Å². The number of nitriles is 1. The quantitative estimate of drug-likeness (QED) is 0.629. The average Bonchev–Trinajstić information content (AvgIpc) is 2.97. The fourth-order valence-electron chi connectivity index (χ4n) is 3.06. The highest BCUT2D eigenvalue weighted by atomic mass is 32.2. The number of aliphatic hydroxyl groups is 1. The molecular weight excluding hydrogens is 408 g/mol. The van der Waals surface area contributed by atoms with Crippen molar-refractivity contribution in [1.82, 2.24) is 9.29 Å². The summed E-state index contributed by atoms with van der Waals surface area (Å²) in [6.07, 6.45) is 2.49. The molecule has 0 unspecified atom stereocenters. The van der Waals surface area contributed by atoms with Gasteiger partial charge in [-0.2, -0.15) is 5.26 Å². The molecule has 158 valence electrons. The zero-order chi connectivity index (χ0) is 22.3. The Labute approximate surface area is 174 Å². The van der Waals surface area contributed by atoms with Gasteiger partial charge in [-0.25, -0.2) is 13.1 Å². The van der Waals surface area contributed by atoms with Crippen LogP contribution in [0.5, 0.6) is 5.75 Å². The number of carbonyl (C=O) groups is 1. The van der Waals surface area contributed by atoms with Crippen molar-refractivity contribution in [1.29, 1.82) is 5.26 Å². The van der Waals surface area contributed by atoms with Gasteiger partial charge < -0.3 is 19.7 Å². The van der Waals surface area contributed by atoms with E-state index in [0.717, 1.165) is 5.56 Å². The maximum Gasteiger partial charge on any atom is 0.276 e. The standard InChI is InChI=1S/C20H22N4O5S/c1-5-20(3,26)16-11-29-18-15(30(27,28)23-16)10-24(4)17(18)19(25)22-14-7-6-12(2)13(8-14)9-21/h5-8,10,16,23,26H,1,11H2,2-4H3,(H,22,25)/t16-,20-/m0/s1. The van der Waals surface area contributed by atoms with E-state index >= 15 is 0 Å². The van der Waals surface area contributed by atoms with E-state index in [2.05, 4.69) is 16.6 Å². The predicted molar refractivity (Wildman–Crippen MR) is 110 cm³/mol. The Morgan fingerprint density at radius 1 is 1.53 bits per heavy atom. The molecule has 3 N–H and O–H groups in total. The summed E-state index contributed by atoms with van der Waals surface area (Å²) in [5, 5.41) is 22.2. The molecule has 1 amide bonds. The van der Waals surface area contributed by atoms with Crippen LogP contribution in [-0.2, 0) is 17.1 Å². The van der Waals surface area contributed by atoms with Gasteiger partial charge in [-0.3, -0.25) is 4.79 Å². The second kappa shape index (κ2) is 7.60. The first-order valence-corrected chi connectivity index (χ1v) is 10.5. The number of nitrogens with zero attached hydrogens (tertiary/aromatic N) is 2. The minimum Gasteiger partial charge on any atom is -0.488 e. The highest BCUT2D eigenvalue weighted by molar-refractivity contribution is 7.89. The third-order valence-electron chi connectivity index (χ3n) is 5.03. The van der Waals surface area contributed by atoms with E-state index in [4.69, 9.17) is 4.74 Å². The number of fused-ring (bicyclic) bond motifs is 1. The first-order valence-electron chi connectivity index (χ1n) is 9.02. The summed E-state index contributed by atoms with van der Waals surface area (Å²) in [6.45, 7) is 6.49. The highest BCUT2D eigenvalue weighted by Gasteiger charge is 2.40. The summed E-state index contributed by atoms with van der Waals surface area (Å²) in [5.41, 5.74) is 0.00382. The van der Waals surface area contributed by atoms with Crippen molar-refractivity contribution >= 4 is 21.6 Å². The number of hydrogen-bond acceptors (Lipinski definition) is 6. The Bertz CT molecular complexity index is 1170. The molecule has 2 aromatic rings. The fourth-order valence-corrected chi connectivity index (χ4v) is 4.57. The molecule has 0 bridgehead atoms. The monoisotopic (exact) mass is 430 g/mol. The molecule has 0 aliphatic carbocycles. The zero-order valence-corrected chi connectivity index (χ0v) is 17.6. The molecule has 2 atom stereocenters. The molecule has 0 radical (unpaired) electrons. The Morgan fingerprint density at radius 3 is 2.87 bits per heavy atom. The Kier molecular flexibility index (Phi) is 5.47. The molecule has 10 heteroatoms. The van der Waals surface area contributed by atoms with Gasteiger partial charge in [-0.05, 0) is 31.5 Å². The van der Waals surface area contributed by atoms with Crippen molar-refractivity contribution in [2.24, 2.45) is 7.05 Å². The number of amides is 1. The highest BCUT2D eigenvalue weighted by Crippen LogP contribution is 2.34. The fraction of sp³-hybridized carbons (Fsp3) is 0.300. The summed E-state index contributed by atoms with van der Waals surface area (Å²) in [5.74, 6) is -0.715. The Morgan fingerprint density at radius 2 is 2.23 bits per heavy atom. The molecule has 0 spiro atoms. The van der Waals surface area contributed by atoms with E-state index in [0.29, 0.717) is 11.3 Å². The molecule has 0 fully saturated rings. The largest absolute Gasteiger partial charge is 0.488 e. The van der Waals surface area contributed by atoms with Gasteiger partial charge in [0.2, 0.25) is 10.0 Å². The van der Waals surface area contributed by atoms with Gasteiger partial charge in [0.05, 0.1) is 23.3 Å². The van der Waals surface area contributed by atoms with Crippen molar-refractivity contribution in [3.8, 4) is 11.8 Å². The number of aromatic nitrogens is 1. The summed E-state index contributed by atoms with van der Waals surface area (Å²) < 4.78 is 35.1. The zero-order valence-electron chi connectivity index (χ0n) is 16.8. The lowest BCUT2D eigenvalue weighted by atomic mass is 9.98. The third kappa shape index (κ3) is 3.82. The van der Waals surface area contributed by atoms with Crippen molar-refractivity contribution in [3.63, 3.8) is 0 Å². The average molecular weight is 430 g/mol. The molecule has 0 saturated carbocycles. The van der Waals surface area contributed by atoms with Gasteiger partial charge in [-0.1, -0.05) is 12.1 Å². The van der Waals surface area contributed by atoms with Crippen molar-refractivity contribution in [3.05, 3.63) is 53.9 Å². The molecule has 0 saturated heterocycles. The van der Waals surface area contributed by atoms with Gasteiger partial charge in [0.15, 0.2) is 11.4 Å². The smallest absolute Gasteiger partial charge is 0.276 e. The molecule has 1 aliphatic rings. The molecular formula is C20H22N4O5S. The summed E-state index contributed by atoms with van der Waals surface area (Å²) >= 11 is 0. The van der Waals surface area contributed by atoms with Crippen LogP contribution in [-0.4, -0.2) is 42.2 Å². The number of carbonyl (C=O) groups excluding carboxylic acids is 1. The van der Waals surface area contributed by atoms with Gasteiger partial charge in [0, 0.05) is 18.9 Å². The van der Waals surface area contributed by atoms with Crippen LogP contribution in [0.2, 0.25) is 0 Å². The van der Waals surface area contributed by atoms with Crippen LogP contribution in [0.3, 0.4) is 0 Å². The third-order valence-corrected chi connectivity index (χ3v) is 6.50. The Hall–Kier alpha value is -3.13. The summed E-state index contributed by atoms with van der Waals surface area (Å²) in [4.78, 5) is 12.7. The molecule has 1 aliphatic heterocycles. The number of ether oxygens (including phenoxy) is 1. The summed E-state index contributed by atoms with van der Waals surface area (Å²) in [7, 11) is -2.55. The molecule has 9 nitrogen and oxygen atoms in total. The molecule has 3 rings (SSSR count). The van der Waals surface area contributed by atoms with E-state index < -0.39 is 27.6 Å². The normalized spacial score (nSPS) is 19.4. The number of anilines is 1. The SMILES string of the molecule is C=C[C@](C)(O)[C@@H]1COc2c(cn(C)c2C(=O)Nc2ccc(C)c(C#N)c2)S(=O)(=O)N1. The minimum atomic E-state index is -4.07. The van der Waals surface area contributed by atoms with Crippen molar-refractivity contribution < 1.29 is 23.1 Å². The lowest BCUT2D eigenvalue weighted by molar-refractivity contribution is 0.0555. The number of nitrogens with one attached hydrogen (secondary N) is 2. The van der Waals surface area contributed by atoms with Crippen molar-refractivity contribution in [2.45, 2.75) is 30.4 Å². The lowest BCUT2D eigenvalue weighted by Crippen LogP contribution is -2.51. The van der Waals surface area contributed by atoms with E-state index in [1.54, 1.807) is 19.1 Å². The molecule has 1 aromatic carbocycles. The van der Waals surface area contributed by atoms with E-state index in [1.165, 1.54) is 36.9 Å². The second-order valence-electron chi connectivity index (χ2n) is 7.29. The van der Waals surface area contributed by atoms with Crippen LogP contribution < -0.4 is 14.8 Å². The lowest BCUT2D eigenvalue weighted by Gasteiger charge is -2.28. The number of benzene rings is 1. The van der Waals surface area contributed by atoms with E-state index in [1.807, 2.05) is 6.07 Å². The van der Waals surface area contributed by atoms with Crippen LogP contribution in [0.1, 0.15) is 28.5 Å². The van der Waals surface area contributed by atoms with Crippen LogP contribution in [0.15, 0.2) is 41.9 Å². The number of sulfonamides is 1. The first-order chi connectivity index (χ1) is 14.0. The first kappa shape index (κ1) is 21.6. The second-order valence-corrected chi connectivity index (χ2v) is 8.97. The van der Waals surface area contributed by atoms with Crippen LogP contribution >= 0.6 is 0 Å². The molecule has 30 heavy (non-hydrogen) atoms. The van der Waals surface area contributed by atoms with Crippen LogP contribution in [0.4, 0.5) is 5.69 Å². The number of aryl methyl sites for hydroxylation is 2. The maximum absolute atomic E-state index is 12.9. The van der Waals surface area contributed by atoms with Gasteiger partial charge in [-0.15, -0.1) is 6.58 Å². The van der Waals surface area contributed by atoms with E-state index in [9.17, 15) is 23.6 Å². The van der Waals surface area contributed by atoms with Crippen molar-refractivity contribution in [2.75, 3.05) is 11.9 Å². The number of rotatable bonds is 4. The van der Waals surface area contributed by atoms with Crippen LogP contribution in [0, 0.1) is 18.3 Å². The van der Waals surface area contributed by atoms with Gasteiger partial charge >= 0.3 is 0 Å². The minimum absolute atomic E-state index is 0.00615. The topological polar surface area (TPSA) is 133 Å². The van der Waals surface area contributed by atoms with Gasteiger partial charge in [0.25, 0.3) is 5.91 Å². The number of hydrogen-bond donors (Lipinski definition) is 3. The maximum atomic E-state index is 12.9. The Balaban J connectivity index is 1.99. The van der Waals surface area contributed by atoms with E-state index in [-0.39, 0.29) is 22.9 Å². The molecule has 1 aromatic heterocycles. The molecule has 2 heterocycles.